The number of amidine groups is 1. The standard InChI is InChI=1S/C21H20ClN3O4S/c1-3-25-18(26)12-17(19(27)24-16-7-5-4-6-15(16)22)30-21(25)23-14-10-8-13(9-11-14)20(28)29-2/h4-11,17H,3,12H2,1-2H3,(H,24,27). The van der Waals surface area contributed by atoms with Crippen molar-refractivity contribution in [3.8, 4) is 0 Å². The Hall–Kier alpha value is -2.84. The molecule has 0 spiro atoms. The molecule has 0 aromatic heterocycles. The van der Waals surface area contributed by atoms with Crippen LogP contribution in [0.1, 0.15) is 23.7 Å². The van der Waals surface area contributed by atoms with Gasteiger partial charge < -0.3 is 10.1 Å². The average molecular weight is 446 g/mol. The molecule has 2 aromatic rings. The van der Waals surface area contributed by atoms with Crippen LogP contribution in [-0.4, -0.2) is 46.8 Å². The van der Waals surface area contributed by atoms with Crippen LogP contribution in [0.25, 0.3) is 0 Å². The van der Waals surface area contributed by atoms with E-state index >= 15 is 0 Å². The number of esters is 1. The molecule has 156 valence electrons. The van der Waals surface area contributed by atoms with Crippen LogP contribution in [0.4, 0.5) is 11.4 Å². The lowest BCUT2D eigenvalue weighted by atomic mass is 10.2. The van der Waals surface area contributed by atoms with Crippen molar-refractivity contribution in [2.75, 3.05) is 19.0 Å². The fraction of sp³-hybridized carbons (Fsp3) is 0.238. The molecule has 1 saturated heterocycles. The highest BCUT2D eigenvalue weighted by Gasteiger charge is 2.35. The summed E-state index contributed by atoms with van der Waals surface area (Å²) in [6, 6.07) is 13.4. The number of rotatable bonds is 5. The zero-order valence-electron chi connectivity index (χ0n) is 16.4. The van der Waals surface area contributed by atoms with E-state index in [1.54, 1.807) is 48.5 Å². The van der Waals surface area contributed by atoms with E-state index in [1.165, 1.54) is 23.8 Å². The molecule has 7 nitrogen and oxygen atoms in total. The van der Waals surface area contributed by atoms with Crippen LogP contribution in [0.15, 0.2) is 53.5 Å². The second-order valence-corrected chi connectivity index (χ2v) is 7.93. The van der Waals surface area contributed by atoms with Crippen molar-refractivity contribution in [3.63, 3.8) is 0 Å². The van der Waals surface area contributed by atoms with Gasteiger partial charge in [0.05, 0.1) is 29.1 Å². The smallest absolute Gasteiger partial charge is 0.337 e. The Morgan fingerprint density at radius 1 is 1.23 bits per heavy atom. The molecule has 1 atom stereocenters. The third-order valence-corrected chi connectivity index (χ3v) is 5.91. The highest BCUT2D eigenvalue weighted by Crippen LogP contribution is 2.30. The molecule has 30 heavy (non-hydrogen) atoms. The zero-order chi connectivity index (χ0) is 21.7. The minimum Gasteiger partial charge on any atom is -0.465 e. The van der Waals surface area contributed by atoms with Crippen molar-refractivity contribution in [2.24, 2.45) is 4.99 Å². The average Bonchev–Trinajstić information content (AvgIpc) is 2.75. The molecular formula is C21H20ClN3O4S. The molecule has 2 amide bonds. The summed E-state index contributed by atoms with van der Waals surface area (Å²) in [7, 11) is 1.31. The van der Waals surface area contributed by atoms with Crippen LogP contribution in [0.2, 0.25) is 5.02 Å². The van der Waals surface area contributed by atoms with Gasteiger partial charge in [-0.25, -0.2) is 9.79 Å². The number of aliphatic imine (C=N–C) groups is 1. The number of ether oxygens (including phenoxy) is 1. The third kappa shape index (κ3) is 5.01. The molecule has 3 rings (SSSR count). The second kappa shape index (κ2) is 9.77. The van der Waals surface area contributed by atoms with Gasteiger partial charge in [0.25, 0.3) is 0 Å². The molecule has 1 fully saturated rings. The minimum absolute atomic E-state index is 0.0646. The van der Waals surface area contributed by atoms with E-state index in [1.807, 2.05) is 6.92 Å². The molecule has 1 heterocycles. The quantitative estimate of drug-likeness (QED) is 0.700. The summed E-state index contributed by atoms with van der Waals surface area (Å²) in [5, 5.41) is 2.99. The number of anilines is 1. The highest BCUT2D eigenvalue weighted by molar-refractivity contribution is 8.15. The van der Waals surface area contributed by atoms with Crippen LogP contribution in [0.3, 0.4) is 0 Å². The maximum atomic E-state index is 12.7. The van der Waals surface area contributed by atoms with Crippen molar-refractivity contribution in [1.29, 1.82) is 0 Å². The van der Waals surface area contributed by atoms with Crippen LogP contribution in [0.5, 0.6) is 0 Å². The number of halogens is 1. The van der Waals surface area contributed by atoms with Gasteiger partial charge in [-0.05, 0) is 43.3 Å². The summed E-state index contributed by atoms with van der Waals surface area (Å²) < 4.78 is 4.69. The van der Waals surface area contributed by atoms with Gasteiger partial charge in [0, 0.05) is 13.0 Å². The highest BCUT2D eigenvalue weighted by atomic mass is 35.5. The van der Waals surface area contributed by atoms with Crippen molar-refractivity contribution in [1.82, 2.24) is 4.90 Å². The first-order valence-corrected chi connectivity index (χ1v) is 10.5. The van der Waals surface area contributed by atoms with E-state index in [2.05, 4.69) is 15.0 Å². The van der Waals surface area contributed by atoms with Gasteiger partial charge in [0.2, 0.25) is 11.8 Å². The number of carbonyl (C=O) groups excluding carboxylic acids is 3. The van der Waals surface area contributed by atoms with E-state index in [0.29, 0.717) is 33.7 Å². The molecule has 0 radical (unpaired) electrons. The van der Waals surface area contributed by atoms with E-state index in [0.717, 1.165) is 0 Å². The number of methoxy groups -OCH3 is 1. The lowest BCUT2D eigenvalue weighted by molar-refractivity contribution is -0.129. The molecule has 9 heteroatoms. The summed E-state index contributed by atoms with van der Waals surface area (Å²) in [5.74, 6) is -0.936. The van der Waals surface area contributed by atoms with Gasteiger partial charge in [-0.15, -0.1) is 0 Å². The minimum atomic E-state index is -0.635. The van der Waals surface area contributed by atoms with Gasteiger partial charge in [-0.3, -0.25) is 14.5 Å². The summed E-state index contributed by atoms with van der Waals surface area (Å²) >= 11 is 7.33. The SMILES string of the molecule is CCN1C(=O)CC(C(=O)Nc2ccccc2Cl)SC1=Nc1ccc(C(=O)OC)cc1. The first-order chi connectivity index (χ1) is 14.4. The topological polar surface area (TPSA) is 88.1 Å². The predicted molar refractivity (Wildman–Crippen MR) is 118 cm³/mol. The van der Waals surface area contributed by atoms with E-state index in [-0.39, 0.29) is 18.2 Å². The lowest BCUT2D eigenvalue weighted by Gasteiger charge is -2.31. The maximum absolute atomic E-state index is 12.7. The number of nitrogens with one attached hydrogen (secondary N) is 1. The number of thioether (sulfide) groups is 1. The number of carbonyl (C=O) groups is 3. The van der Waals surface area contributed by atoms with E-state index in [9.17, 15) is 14.4 Å². The molecular weight excluding hydrogens is 426 g/mol. The molecule has 1 unspecified atom stereocenters. The summed E-state index contributed by atoms with van der Waals surface area (Å²) in [6.07, 6.45) is 0.0646. The van der Waals surface area contributed by atoms with Gasteiger partial charge in [0.1, 0.15) is 5.25 Å². The molecule has 1 aliphatic heterocycles. The number of para-hydroxylation sites is 1. The first-order valence-electron chi connectivity index (χ1n) is 9.22. The predicted octanol–water partition coefficient (Wildman–Crippen LogP) is 4.11. The fourth-order valence-electron chi connectivity index (χ4n) is 2.83. The Balaban J connectivity index is 1.81. The van der Waals surface area contributed by atoms with E-state index in [4.69, 9.17) is 11.6 Å². The third-order valence-electron chi connectivity index (χ3n) is 4.39. The van der Waals surface area contributed by atoms with Crippen LogP contribution in [-0.2, 0) is 14.3 Å². The number of amides is 2. The van der Waals surface area contributed by atoms with Gasteiger partial charge >= 0.3 is 5.97 Å². The number of nitrogens with zero attached hydrogens (tertiary/aromatic N) is 2. The maximum Gasteiger partial charge on any atom is 0.337 e. The molecule has 1 aliphatic rings. The van der Waals surface area contributed by atoms with Gasteiger partial charge in [-0.1, -0.05) is 35.5 Å². The summed E-state index contributed by atoms with van der Waals surface area (Å²) in [4.78, 5) is 43.0. The van der Waals surface area contributed by atoms with Gasteiger partial charge in [0.15, 0.2) is 5.17 Å². The Labute approximate surface area is 183 Å². The normalized spacial score (nSPS) is 17.7. The molecule has 0 aliphatic carbocycles. The monoisotopic (exact) mass is 445 g/mol. The second-order valence-electron chi connectivity index (χ2n) is 6.35. The molecule has 0 saturated carbocycles. The van der Waals surface area contributed by atoms with Crippen LogP contribution >= 0.6 is 23.4 Å². The van der Waals surface area contributed by atoms with Crippen molar-refractivity contribution in [2.45, 2.75) is 18.6 Å². The zero-order valence-corrected chi connectivity index (χ0v) is 18.0. The Kier molecular flexibility index (Phi) is 7.12. The Morgan fingerprint density at radius 2 is 1.93 bits per heavy atom. The molecule has 0 bridgehead atoms. The van der Waals surface area contributed by atoms with Crippen molar-refractivity contribution < 1.29 is 19.1 Å². The largest absolute Gasteiger partial charge is 0.465 e. The fourth-order valence-corrected chi connectivity index (χ4v) is 4.17. The molecule has 2 aromatic carbocycles. The first kappa shape index (κ1) is 21.9. The van der Waals surface area contributed by atoms with Gasteiger partial charge in [-0.2, -0.15) is 0 Å². The summed E-state index contributed by atoms with van der Waals surface area (Å²) in [6.45, 7) is 2.28. The van der Waals surface area contributed by atoms with Crippen LogP contribution in [0, 0.1) is 0 Å². The number of hydrogen-bond acceptors (Lipinski definition) is 6. The van der Waals surface area contributed by atoms with Crippen molar-refractivity contribution >= 4 is 57.7 Å². The number of hydrogen-bond donors (Lipinski definition) is 1. The number of benzene rings is 2. The summed E-state index contributed by atoms with van der Waals surface area (Å²) in [5.41, 5.74) is 1.45. The molecule has 1 N–H and O–H groups in total. The van der Waals surface area contributed by atoms with E-state index < -0.39 is 11.2 Å². The van der Waals surface area contributed by atoms with Crippen LogP contribution < -0.4 is 5.32 Å². The Morgan fingerprint density at radius 3 is 2.57 bits per heavy atom. The van der Waals surface area contributed by atoms with Crippen molar-refractivity contribution in [3.05, 3.63) is 59.1 Å². The lowest BCUT2D eigenvalue weighted by Crippen LogP contribution is -2.45. The Bertz CT molecular complexity index is 994.